The molecule has 0 fully saturated rings. The molecule has 0 spiro atoms. The summed E-state index contributed by atoms with van der Waals surface area (Å²) in [6, 6.07) is 0. The molecule has 0 saturated heterocycles. The van der Waals surface area contributed by atoms with Crippen molar-refractivity contribution >= 4 is 0 Å². The number of hydrogen-bond donors (Lipinski definition) is 0. The van der Waals surface area contributed by atoms with E-state index in [1.165, 1.54) is 19.3 Å². The van der Waals surface area contributed by atoms with Gasteiger partial charge in [0.15, 0.2) is 0 Å². The van der Waals surface area contributed by atoms with Crippen molar-refractivity contribution in [2.24, 2.45) is 0 Å². The summed E-state index contributed by atoms with van der Waals surface area (Å²) in [4.78, 5) is 7.67. The van der Waals surface area contributed by atoms with Gasteiger partial charge in [-0.2, -0.15) is 0 Å². The second-order valence-electron chi connectivity index (χ2n) is 2.16. The molecule has 1 unspecified atom stereocenters. The normalized spacial score (nSPS) is 12.6. The standard InChI is InChI=1S/C7H9FN2O/c1-5-3-10-7(4-9-5)11-6(2)8/h3-4,6H,1-2H3. The smallest absolute Gasteiger partial charge is 0.237 e. The van der Waals surface area contributed by atoms with Crippen molar-refractivity contribution in [2.75, 3.05) is 0 Å². The molecule has 0 N–H and O–H groups in total. The molecular weight excluding hydrogens is 147 g/mol. The van der Waals surface area contributed by atoms with Crippen LogP contribution in [-0.2, 0) is 0 Å². The number of aryl methyl sites for hydroxylation is 1. The number of ether oxygens (including phenoxy) is 1. The van der Waals surface area contributed by atoms with Crippen LogP contribution in [0, 0.1) is 6.92 Å². The molecule has 0 aromatic carbocycles. The van der Waals surface area contributed by atoms with Crippen molar-refractivity contribution in [2.45, 2.75) is 20.2 Å². The van der Waals surface area contributed by atoms with Crippen molar-refractivity contribution in [1.82, 2.24) is 9.97 Å². The topological polar surface area (TPSA) is 35.0 Å². The Bertz CT molecular complexity index is 222. The van der Waals surface area contributed by atoms with E-state index in [0.29, 0.717) is 0 Å². The zero-order chi connectivity index (χ0) is 8.27. The molecule has 1 rings (SSSR count). The molecule has 11 heavy (non-hydrogen) atoms. The summed E-state index contributed by atoms with van der Waals surface area (Å²) in [6.45, 7) is 3.09. The van der Waals surface area contributed by atoms with Gasteiger partial charge in [-0.3, -0.25) is 4.98 Å². The molecule has 0 amide bonds. The van der Waals surface area contributed by atoms with Crippen LogP contribution in [0.1, 0.15) is 12.6 Å². The summed E-state index contributed by atoms with van der Waals surface area (Å²) in [6.07, 6.45) is 1.58. The van der Waals surface area contributed by atoms with Gasteiger partial charge in [0.2, 0.25) is 12.2 Å². The molecule has 3 nitrogen and oxygen atoms in total. The molecule has 0 aliphatic heterocycles. The molecule has 0 saturated carbocycles. The first kappa shape index (κ1) is 7.91. The van der Waals surface area contributed by atoms with E-state index < -0.39 is 6.36 Å². The minimum absolute atomic E-state index is 0.214. The maximum absolute atomic E-state index is 12.2. The largest absolute Gasteiger partial charge is 0.442 e. The van der Waals surface area contributed by atoms with E-state index in [9.17, 15) is 4.39 Å². The molecule has 1 aromatic heterocycles. The second kappa shape index (κ2) is 3.27. The van der Waals surface area contributed by atoms with Gasteiger partial charge >= 0.3 is 0 Å². The van der Waals surface area contributed by atoms with Gasteiger partial charge in [0, 0.05) is 6.92 Å². The Hall–Kier alpha value is -1.19. The summed E-state index contributed by atoms with van der Waals surface area (Å²) in [7, 11) is 0. The van der Waals surface area contributed by atoms with Crippen molar-refractivity contribution in [3.8, 4) is 5.88 Å². The van der Waals surface area contributed by atoms with Crippen molar-refractivity contribution in [3.05, 3.63) is 18.1 Å². The van der Waals surface area contributed by atoms with Crippen molar-refractivity contribution in [1.29, 1.82) is 0 Å². The number of hydrogen-bond acceptors (Lipinski definition) is 3. The van der Waals surface area contributed by atoms with Crippen LogP contribution in [0.3, 0.4) is 0 Å². The minimum Gasteiger partial charge on any atom is -0.442 e. The third kappa shape index (κ3) is 2.49. The Balaban J connectivity index is 2.66. The minimum atomic E-state index is -1.34. The number of halogens is 1. The highest BCUT2D eigenvalue weighted by molar-refractivity contribution is 5.05. The molecule has 1 heterocycles. The maximum atomic E-state index is 12.2. The van der Waals surface area contributed by atoms with Crippen LogP contribution < -0.4 is 4.74 Å². The summed E-state index contributed by atoms with van der Waals surface area (Å²) >= 11 is 0. The fourth-order valence-electron chi connectivity index (χ4n) is 0.608. The predicted molar refractivity (Wildman–Crippen MR) is 38.0 cm³/mol. The van der Waals surface area contributed by atoms with Gasteiger partial charge < -0.3 is 4.74 Å². The first-order valence-electron chi connectivity index (χ1n) is 3.28. The van der Waals surface area contributed by atoms with Crippen molar-refractivity contribution < 1.29 is 9.13 Å². The summed E-state index contributed by atoms with van der Waals surface area (Å²) in [5.41, 5.74) is 0.781. The van der Waals surface area contributed by atoms with Crippen LogP contribution in [0.2, 0.25) is 0 Å². The van der Waals surface area contributed by atoms with E-state index in [2.05, 4.69) is 14.7 Å². The van der Waals surface area contributed by atoms with E-state index in [4.69, 9.17) is 0 Å². The Morgan fingerprint density at radius 3 is 2.64 bits per heavy atom. The van der Waals surface area contributed by atoms with Gasteiger partial charge in [0.25, 0.3) is 0 Å². The van der Waals surface area contributed by atoms with Gasteiger partial charge in [-0.15, -0.1) is 0 Å². The average molecular weight is 156 g/mol. The maximum Gasteiger partial charge on any atom is 0.237 e. The lowest BCUT2D eigenvalue weighted by molar-refractivity contribution is 0.0804. The Morgan fingerprint density at radius 2 is 2.18 bits per heavy atom. The van der Waals surface area contributed by atoms with Crippen molar-refractivity contribution in [3.63, 3.8) is 0 Å². The number of nitrogens with zero attached hydrogens (tertiary/aromatic N) is 2. The molecule has 0 aliphatic rings. The van der Waals surface area contributed by atoms with Crippen LogP contribution in [-0.4, -0.2) is 16.3 Å². The van der Waals surface area contributed by atoms with Gasteiger partial charge in [-0.05, 0) is 6.92 Å². The highest BCUT2D eigenvalue weighted by Gasteiger charge is 2.00. The molecule has 1 atom stereocenters. The van der Waals surface area contributed by atoms with Crippen LogP contribution in [0.15, 0.2) is 12.4 Å². The number of alkyl halides is 1. The molecule has 4 heteroatoms. The molecule has 60 valence electrons. The first-order valence-corrected chi connectivity index (χ1v) is 3.28. The summed E-state index contributed by atoms with van der Waals surface area (Å²) in [5.74, 6) is 0.214. The molecule has 0 radical (unpaired) electrons. The molecule has 1 aromatic rings. The SMILES string of the molecule is Cc1cnc(OC(C)F)cn1. The predicted octanol–water partition coefficient (Wildman–Crippen LogP) is 1.48. The van der Waals surface area contributed by atoms with Gasteiger partial charge in [0.05, 0.1) is 18.1 Å². The van der Waals surface area contributed by atoms with E-state index in [0.717, 1.165) is 5.69 Å². The molecule has 0 bridgehead atoms. The fraction of sp³-hybridized carbons (Fsp3) is 0.429. The Kier molecular flexibility index (Phi) is 2.36. The van der Waals surface area contributed by atoms with E-state index in [1.54, 1.807) is 6.92 Å². The highest BCUT2D eigenvalue weighted by atomic mass is 19.1. The second-order valence-corrected chi connectivity index (χ2v) is 2.16. The molecule has 0 aliphatic carbocycles. The lowest BCUT2D eigenvalue weighted by Gasteiger charge is -2.03. The van der Waals surface area contributed by atoms with Crippen LogP contribution >= 0.6 is 0 Å². The monoisotopic (exact) mass is 156 g/mol. The quantitative estimate of drug-likeness (QED) is 0.650. The zero-order valence-corrected chi connectivity index (χ0v) is 6.41. The van der Waals surface area contributed by atoms with E-state index in [-0.39, 0.29) is 5.88 Å². The highest BCUT2D eigenvalue weighted by Crippen LogP contribution is 2.05. The lowest BCUT2D eigenvalue weighted by Crippen LogP contribution is -2.05. The van der Waals surface area contributed by atoms with Crippen LogP contribution in [0.5, 0.6) is 5.88 Å². The third-order valence-corrected chi connectivity index (χ3v) is 1.04. The third-order valence-electron chi connectivity index (χ3n) is 1.04. The van der Waals surface area contributed by atoms with Gasteiger partial charge in [-0.1, -0.05) is 0 Å². The lowest BCUT2D eigenvalue weighted by atomic mass is 10.5. The van der Waals surface area contributed by atoms with E-state index >= 15 is 0 Å². The summed E-state index contributed by atoms with van der Waals surface area (Å²) in [5, 5.41) is 0. The van der Waals surface area contributed by atoms with Gasteiger partial charge in [0.1, 0.15) is 0 Å². The number of rotatable bonds is 2. The van der Waals surface area contributed by atoms with Crippen LogP contribution in [0.25, 0.3) is 0 Å². The van der Waals surface area contributed by atoms with E-state index in [1.807, 2.05) is 0 Å². The number of aromatic nitrogens is 2. The Morgan fingerprint density at radius 1 is 1.45 bits per heavy atom. The first-order chi connectivity index (χ1) is 5.18. The summed E-state index contributed by atoms with van der Waals surface area (Å²) < 4.78 is 16.8. The zero-order valence-electron chi connectivity index (χ0n) is 6.41. The molecular formula is C7H9FN2O. The fourth-order valence-corrected chi connectivity index (χ4v) is 0.608. The van der Waals surface area contributed by atoms with Crippen LogP contribution in [0.4, 0.5) is 4.39 Å². The van der Waals surface area contributed by atoms with Gasteiger partial charge in [-0.25, -0.2) is 9.37 Å². The average Bonchev–Trinajstić information content (AvgIpc) is 1.93. The Labute approximate surface area is 64.2 Å².